The van der Waals surface area contributed by atoms with Gasteiger partial charge in [-0.3, -0.25) is 4.90 Å². The van der Waals surface area contributed by atoms with Gasteiger partial charge in [0.15, 0.2) is 0 Å². The van der Waals surface area contributed by atoms with E-state index in [0.29, 0.717) is 18.2 Å². The van der Waals surface area contributed by atoms with E-state index in [4.69, 9.17) is 10.5 Å². The summed E-state index contributed by atoms with van der Waals surface area (Å²) in [5, 5.41) is 4.44. The Kier molecular flexibility index (Phi) is 4.76. The molecule has 0 spiro atoms. The van der Waals surface area contributed by atoms with E-state index in [1.54, 1.807) is 11.3 Å². The first-order valence-corrected chi connectivity index (χ1v) is 8.90. The predicted octanol–water partition coefficient (Wildman–Crippen LogP) is 3.17. The maximum absolute atomic E-state index is 6.48. The second kappa shape index (κ2) is 6.56. The van der Waals surface area contributed by atoms with Crippen molar-refractivity contribution in [2.45, 2.75) is 63.3 Å². The normalized spacial score (nSPS) is 30.7. The smallest absolute Gasteiger partial charge is 0.0731 e. The molecule has 1 aliphatic carbocycles. The Morgan fingerprint density at radius 1 is 1.45 bits per heavy atom. The minimum atomic E-state index is 0.213. The highest BCUT2D eigenvalue weighted by molar-refractivity contribution is 7.07. The molecule has 1 aromatic rings. The standard InChI is InChI=1S/C16H26N2OS/c1-2-13(17)16(12-7-10-20-11-12)18-8-9-19-15-6-4-3-5-14(15)18/h7,10-11,13-16H,2-6,8-9,17H2,1H3. The van der Waals surface area contributed by atoms with Crippen LogP contribution in [0.4, 0.5) is 0 Å². The third-order valence-electron chi connectivity index (χ3n) is 4.89. The highest BCUT2D eigenvalue weighted by Crippen LogP contribution is 2.36. The van der Waals surface area contributed by atoms with Crippen LogP contribution >= 0.6 is 11.3 Å². The van der Waals surface area contributed by atoms with Gasteiger partial charge in [-0.15, -0.1) is 0 Å². The molecule has 2 aliphatic rings. The van der Waals surface area contributed by atoms with Crippen LogP contribution in [0, 0.1) is 0 Å². The Morgan fingerprint density at radius 2 is 2.30 bits per heavy atom. The maximum Gasteiger partial charge on any atom is 0.0731 e. The number of hydrogen-bond donors (Lipinski definition) is 1. The highest BCUT2D eigenvalue weighted by Gasteiger charge is 2.39. The second-order valence-electron chi connectivity index (χ2n) is 6.07. The van der Waals surface area contributed by atoms with Gasteiger partial charge in [-0.25, -0.2) is 0 Å². The molecule has 1 saturated carbocycles. The van der Waals surface area contributed by atoms with Crippen LogP contribution in [0.15, 0.2) is 16.8 Å². The van der Waals surface area contributed by atoms with E-state index in [1.165, 1.54) is 31.2 Å². The van der Waals surface area contributed by atoms with E-state index in [1.807, 2.05) is 0 Å². The SMILES string of the molecule is CCC(N)C(c1ccsc1)N1CCOC2CCCCC21. The summed E-state index contributed by atoms with van der Waals surface area (Å²) in [5.41, 5.74) is 7.88. The summed E-state index contributed by atoms with van der Waals surface area (Å²) in [5.74, 6) is 0. The molecule has 4 unspecified atom stereocenters. The lowest BCUT2D eigenvalue weighted by atomic mass is 9.87. The Bertz CT molecular complexity index is 407. The van der Waals surface area contributed by atoms with Crippen molar-refractivity contribution < 1.29 is 4.74 Å². The van der Waals surface area contributed by atoms with Crippen LogP contribution in [0.25, 0.3) is 0 Å². The maximum atomic E-state index is 6.48. The van der Waals surface area contributed by atoms with E-state index < -0.39 is 0 Å². The number of rotatable bonds is 4. The van der Waals surface area contributed by atoms with Crippen molar-refractivity contribution in [2.75, 3.05) is 13.2 Å². The fourth-order valence-corrected chi connectivity index (χ4v) is 4.51. The Hall–Kier alpha value is -0.420. The lowest BCUT2D eigenvalue weighted by Crippen LogP contribution is -2.56. The fourth-order valence-electron chi connectivity index (χ4n) is 3.82. The number of nitrogens with zero attached hydrogens (tertiary/aromatic N) is 1. The molecule has 2 N–H and O–H groups in total. The van der Waals surface area contributed by atoms with Crippen molar-refractivity contribution >= 4 is 11.3 Å². The molecule has 3 rings (SSSR count). The molecule has 2 fully saturated rings. The number of nitrogens with two attached hydrogens (primary N) is 1. The Morgan fingerprint density at radius 3 is 3.05 bits per heavy atom. The van der Waals surface area contributed by atoms with Gasteiger partial charge in [0.2, 0.25) is 0 Å². The minimum Gasteiger partial charge on any atom is -0.375 e. The first kappa shape index (κ1) is 14.5. The number of fused-ring (bicyclic) bond motifs is 1. The zero-order chi connectivity index (χ0) is 13.9. The van der Waals surface area contributed by atoms with Gasteiger partial charge in [0.1, 0.15) is 0 Å². The third-order valence-corrected chi connectivity index (χ3v) is 5.60. The molecule has 2 heterocycles. The summed E-state index contributed by atoms with van der Waals surface area (Å²) in [4.78, 5) is 2.66. The van der Waals surface area contributed by atoms with E-state index >= 15 is 0 Å². The zero-order valence-corrected chi connectivity index (χ0v) is 13.1. The molecule has 3 nitrogen and oxygen atoms in total. The topological polar surface area (TPSA) is 38.5 Å². The lowest BCUT2D eigenvalue weighted by molar-refractivity contribution is -0.106. The van der Waals surface area contributed by atoms with Crippen molar-refractivity contribution in [1.82, 2.24) is 4.90 Å². The van der Waals surface area contributed by atoms with Gasteiger partial charge in [-0.05, 0) is 41.7 Å². The molecule has 0 radical (unpaired) electrons. The van der Waals surface area contributed by atoms with Gasteiger partial charge in [0.25, 0.3) is 0 Å². The minimum absolute atomic E-state index is 0.213. The fraction of sp³-hybridized carbons (Fsp3) is 0.750. The third kappa shape index (κ3) is 2.80. The molecular formula is C16H26N2OS. The van der Waals surface area contributed by atoms with E-state index in [9.17, 15) is 0 Å². The van der Waals surface area contributed by atoms with Gasteiger partial charge in [-0.2, -0.15) is 11.3 Å². The monoisotopic (exact) mass is 294 g/mol. The van der Waals surface area contributed by atoms with E-state index in [2.05, 4.69) is 28.7 Å². The van der Waals surface area contributed by atoms with Crippen molar-refractivity contribution in [2.24, 2.45) is 5.73 Å². The summed E-state index contributed by atoms with van der Waals surface area (Å²) < 4.78 is 6.01. The van der Waals surface area contributed by atoms with Crippen LogP contribution in [0.1, 0.15) is 50.6 Å². The van der Waals surface area contributed by atoms with Crippen molar-refractivity contribution in [1.29, 1.82) is 0 Å². The van der Waals surface area contributed by atoms with Crippen LogP contribution in [-0.2, 0) is 4.74 Å². The van der Waals surface area contributed by atoms with Crippen molar-refractivity contribution in [3.05, 3.63) is 22.4 Å². The summed E-state index contributed by atoms with van der Waals surface area (Å²) >= 11 is 1.78. The summed E-state index contributed by atoms with van der Waals surface area (Å²) in [6.45, 7) is 4.08. The first-order chi connectivity index (χ1) is 9.81. The molecular weight excluding hydrogens is 268 g/mol. The summed E-state index contributed by atoms with van der Waals surface area (Å²) in [6, 6.07) is 3.39. The van der Waals surface area contributed by atoms with Gasteiger partial charge in [0, 0.05) is 18.6 Å². The Balaban J connectivity index is 1.85. The number of morpholine rings is 1. The number of hydrogen-bond acceptors (Lipinski definition) is 4. The van der Waals surface area contributed by atoms with Crippen LogP contribution < -0.4 is 5.73 Å². The van der Waals surface area contributed by atoms with Crippen LogP contribution in [0.5, 0.6) is 0 Å². The average molecular weight is 294 g/mol. The molecule has 112 valence electrons. The van der Waals surface area contributed by atoms with E-state index in [0.717, 1.165) is 19.6 Å². The van der Waals surface area contributed by atoms with Gasteiger partial charge in [0.05, 0.1) is 18.8 Å². The van der Waals surface area contributed by atoms with Crippen LogP contribution in [0.2, 0.25) is 0 Å². The van der Waals surface area contributed by atoms with Crippen LogP contribution in [-0.4, -0.2) is 36.2 Å². The molecule has 1 aliphatic heterocycles. The molecule has 1 aromatic heterocycles. The average Bonchev–Trinajstić information content (AvgIpc) is 3.01. The van der Waals surface area contributed by atoms with Crippen molar-refractivity contribution in [3.63, 3.8) is 0 Å². The molecule has 20 heavy (non-hydrogen) atoms. The van der Waals surface area contributed by atoms with Crippen molar-refractivity contribution in [3.8, 4) is 0 Å². The molecule has 0 bridgehead atoms. The molecule has 4 heteroatoms. The highest BCUT2D eigenvalue weighted by atomic mass is 32.1. The summed E-state index contributed by atoms with van der Waals surface area (Å²) in [7, 11) is 0. The summed E-state index contributed by atoms with van der Waals surface area (Å²) in [6.07, 6.45) is 6.59. The predicted molar refractivity (Wildman–Crippen MR) is 84.0 cm³/mol. The Labute approximate surface area is 126 Å². The molecule has 1 saturated heterocycles. The molecule has 0 amide bonds. The van der Waals surface area contributed by atoms with Crippen LogP contribution in [0.3, 0.4) is 0 Å². The van der Waals surface area contributed by atoms with Gasteiger partial charge >= 0.3 is 0 Å². The number of ether oxygens (including phenoxy) is 1. The van der Waals surface area contributed by atoms with Gasteiger partial charge in [-0.1, -0.05) is 19.8 Å². The van der Waals surface area contributed by atoms with E-state index in [-0.39, 0.29) is 6.04 Å². The van der Waals surface area contributed by atoms with Gasteiger partial charge < -0.3 is 10.5 Å². The lowest BCUT2D eigenvalue weighted by Gasteiger charge is -2.48. The zero-order valence-electron chi connectivity index (χ0n) is 12.3. The molecule has 0 aromatic carbocycles. The quantitative estimate of drug-likeness (QED) is 0.927. The largest absolute Gasteiger partial charge is 0.375 e. The second-order valence-corrected chi connectivity index (χ2v) is 6.85. The first-order valence-electron chi connectivity index (χ1n) is 7.96. The number of thiophene rings is 1. The molecule has 4 atom stereocenters.